The Kier molecular flexibility index (Phi) is 5.83. The SMILES string of the molecule is N#Cc1ccc(C(C#N)CCCOc2ccccc2Cl)cc1. The zero-order valence-corrected chi connectivity index (χ0v) is 12.8. The highest BCUT2D eigenvalue weighted by molar-refractivity contribution is 6.32. The van der Waals surface area contributed by atoms with E-state index in [1.165, 1.54) is 0 Å². The molecule has 110 valence electrons. The Morgan fingerprint density at radius 1 is 1.05 bits per heavy atom. The van der Waals surface area contributed by atoms with E-state index in [1.807, 2.05) is 30.3 Å². The van der Waals surface area contributed by atoms with Gasteiger partial charge in [-0.15, -0.1) is 0 Å². The van der Waals surface area contributed by atoms with Crippen LogP contribution in [0.5, 0.6) is 5.75 Å². The van der Waals surface area contributed by atoms with Crippen molar-refractivity contribution >= 4 is 11.6 Å². The van der Waals surface area contributed by atoms with Crippen molar-refractivity contribution in [1.82, 2.24) is 0 Å². The van der Waals surface area contributed by atoms with Crippen LogP contribution in [0.3, 0.4) is 0 Å². The Morgan fingerprint density at radius 2 is 1.77 bits per heavy atom. The van der Waals surface area contributed by atoms with Gasteiger partial charge in [0.1, 0.15) is 5.75 Å². The minimum absolute atomic E-state index is 0.192. The van der Waals surface area contributed by atoms with Crippen LogP contribution in [0.1, 0.15) is 29.9 Å². The van der Waals surface area contributed by atoms with Crippen molar-refractivity contribution in [3.05, 3.63) is 64.7 Å². The van der Waals surface area contributed by atoms with Crippen LogP contribution in [0.2, 0.25) is 5.02 Å². The number of rotatable bonds is 6. The molecular formula is C18H15ClN2O. The molecule has 2 rings (SSSR count). The first-order valence-electron chi connectivity index (χ1n) is 7.01. The van der Waals surface area contributed by atoms with E-state index >= 15 is 0 Å². The molecule has 4 heteroatoms. The molecule has 2 aromatic carbocycles. The van der Waals surface area contributed by atoms with Crippen LogP contribution in [-0.4, -0.2) is 6.61 Å². The van der Waals surface area contributed by atoms with Gasteiger partial charge in [0.15, 0.2) is 0 Å². The summed E-state index contributed by atoms with van der Waals surface area (Å²) in [5.41, 5.74) is 1.53. The number of hydrogen-bond donors (Lipinski definition) is 0. The van der Waals surface area contributed by atoms with E-state index in [9.17, 15) is 5.26 Å². The highest BCUT2D eigenvalue weighted by atomic mass is 35.5. The molecule has 0 saturated heterocycles. The molecular weight excluding hydrogens is 296 g/mol. The number of hydrogen-bond acceptors (Lipinski definition) is 3. The van der Waals surface area contributed by atoms with E-state index < -0.39 is 0 Å². The lowest BCUT2D eigenvalue weighted by atomic mass is 9.95. The van der Waals surface area contributed by atoms with Gasteiger partial charge in [-0.2, -0.15) is 10.5 Å². The second-order valence-corrected chi connectivity index (χ2v) is 5.24. The van der Waals surface area contributed by atoms with E-state index in [-0.39, 0.29) is 5.92 Å². The third kappa shape index (κ3) is 4.25. The summed E-state index contributed by atoms with van der Waals surface area (Å²) in [5.74, 6) is 0.471. The van der Waals surface area contributed by atoms with Crippen LogP contribution in [0.4, 0.5) is 0 Å². The summed E-state index contributed by atoms with van der Waals surface area (Å²) in [5, 5.41) is 18.7. The summed E-state index contributed by atoms with van der Waals surface area (Å²) in [6, 6.07) is 18.8. The number of ether oxygens (including phenoxy) is 1. The number of nitriles is 2. The van der Waals surface area contributed by atoms with Crippen molar-refractivity contribution in [2.75, 3.05) is 6.61 Å². The molecule has 0 bridgehead atoms. The number of para-hydroxylation sites is 1. The van der Waals surface area contributed by atoms with Crippen molar-refractivity contribution in [3.8, 4) is 17.9 Å². The Balaban J connectivity index is 1.85. The van der Waals surface area contributed by atoms with Crippen molar-refractivity contribution in [2.45, 2.75) is 18.8 Å². The average Bonchev–Trinajstić information content (AvgIpc) is 2.57. The number of halogens is 1. The highest BCUT2D eigenvalue weighted by Crippen LogP contribution is 2.24. The molecule has 0 spiro atoms. The lowest BCUT2D eigenvalue weighted by Crippen LogP contribution is -2.02. The molecule has 0 radical (unpaired) electrons. The average molecular weight is 311 g/mol. The molecule has 0 aromatic heterocycles. The molecule has 0 amide bonds. The third-order valence-corrected chi connectivity index (χ3v) is 3.64. The van der Waals surface area contributed by atoms with Crippen LogP contribution in [-0.2, 0) is 0 Å². The fraction of sp³-hybridized carbons (Fsp3) is 0.222. The van der Waals surface area contributed by atoms with E-state index in [0.29, 0.717) is 29.4 Å². The first-order chi connectivity index (χ1) is 10.7. The maximum atomic E-state index is 9.29. The van der Waals surface area contributed by atoms with Crippen LogP contribution < -0.4 is 4.74 Å². The fourth-order valence-electron chi connectivity index (χ4n) is 2.13. The van der Waals surface area contributed by atoms with Crippen molar-refractivity contribution in [1.29, 1.82) is 10.5 Å². The molecule has 0 aliphatic heterocycles. The minimum atomic E-state index is -0.192. The molecule has 0 fully saturated rings. The van der Waals surface area contributed by atoms with Gasteiger partial charge in [-0.05, 0) is 42.7 Å². The zero-order chi connectivity index (χ0) is 15.8. The largest absolute Gasteiger partial charge is 0.492 e. The van der Waals surface area contributed by atoms with Crippen LogP contribution in [0.25, 0.3) is 0 Å². The quantitative estimate of drug-likeness (QED) is 0.728. The van der Waals surface area contributed by atoms with E-state index in [2.05, 4.69) is 12.1 Å². The lowest BCUT2D eigenvalue weighted by Gasteiger charge is -2.11. The lowest BCUT2D eigenvalue weighted by molar-refractivity contribution is 0.305. The number of benzene rings is 2. The second-order valence-electron chi connectivity index (χ2n) is 4.84. The van der Waals surface area contributed by atoms with Gasteiger partial charge in [0.25, 0.3) is 0 Å². The Morgan fingerprint density at radius 3 is 2.41 bits per heavy atom. The predicted molar refractivity (Wildman–Crippen MR) is 85.7 cm³/mol. The van der Waals surface area contributed by atoms with Gasteiger partial charge in [-0.3, -0.25) is 0 Å². The molecule has 2 aromatic rings. The Hall–Kier alpha value is -2.49. The summed E-state index contributed by atoms with van der Waals surface area (Å²) in [6.45, 7) is 0.512. The standard InChI is InChI=1S/C18H15ClN2O/c19-17-5-1-2-6-18(17)22-11-3-4-16(13-21)15-9-7-14(12-20)8-10-15/h1-2,5-10,16H,3-4,11H2. The topological polar surface area (TPSA) is 56.8 Å². The molecule has 0 aliphatic rings. The van der Waals surface area contributed by atoms with Crippen LogP contribution >= 0.6 is 11.6 Å². The van der Waals surface area contributed by atoms with Gasteiger partial charge < -0.3 is 4.74 Å². The zero-order valence-electron chi connectivity index (χ0n) is 12.0. The molecule has 0 N–H and O–H groups in total. The van der Waals surface area contributed by atoms with Gasteiger partial charge in [0.05, 0.1) is 35.2 Å². The normalized spacial score (nSPS) is 11.2. The van der Waals surface area contributed by atoms with Crippen molar-refractivity contribution < 1.29 is 4.74 Å². The van der Waals surface area contributed by atoms with Gasteiger partial charge in [0, 0.05) is 0 Å². The van der Waals surface area contributed by atoms with Gasteiger partial charge in [0.2, 0.25) is 0 Å². The number of nitrogens with zero attached hydrogens (tertiary/aromatic N) is 2. The molecule has 0 aliphatic carbocycles. The maximum Gasteiger partial charge on any atom is 0.137 e. The summed E-state index contributed by atoms with van der Waals surface area (Å²) < 4.78 is 5.62. The highest BCUT2D eigenvalue weighted by Gasteiger charge is 2.10. The molecule has 3 nitrogen and oxygen atoms in total. The minimum Gasteiger partial charge on any atom is -0.492 e. The molecule has 1 atom stereocenters. The van der Waals surface area contributed by atoms with E-state index in [4.69, 9.17) is 21.6 Å². The molecule has 0 heterocycles. The van der Waals surface area contributed by atoms with Gasteiger partial charge >= 0.3 is 0 Å². The van der Waals surface area contributed by atoms with Crippen molar-refractivity contribution in [3.63, 3.8) is 0 Å². The van der Waals surface area contributed by atoms with Gasteiger partial charge in [-0.1, -0.05) is 35.9 Å². The summed E-state index contributed by atoms with van der Waals surface area (Å²) >= 11 is 6.01. The Labute approximate surface area is 135 Å². The third-order valence-electron chi connectivity index (χ3n) is 3.33. The molecule has 22 heavy (non-hydrogen) atoms. The fourth-order valence-corrected chi connectivity index (χ4v) is 2.32. The first kappa shape index (κ1) is 15.9. The van der Waals surface area contributed by atoms with Crippen LogP contribution in [0, 0.1) is 22.7 Å². The predicted octanol–water partition coefficient (Wildman–Crippen LogP) is 4.68. The van der Waals surface area contributed by atoms with Crippen LogP contribution in [0.15, 0.2) is 48.5 Å². The second kappa shape index (κ2) is 8.08. The van der Waals surface area contributed by atoms with E-state index in [1.54, 1.807) is 18.2 Å². The monoisotopic (exact) mass is 310 g/mol. The molecule has 1 unspecified atom stereocenters. The summed E-state index contributed by atoms with van der Waals surface area (Å²) in [6.07, 6.45) is 1.45. The smallest absolute Gasteiger partial charge is 0.137 e. The van der Waals surface area contributed by atoms with Gasteiger partial charge in [-0.25, -0.2) is 0 Å². The maximum absolute atomic E-state index is 9.29. The first-order valence-corrected chi connectivity index (χ1v) is 7.39. The molecule has 0 saturated carbocycles. The van der Waals surface area contributed by atoms with Crippen molar-refractivity contribution in [2.24, 2.45) is 0 Å². The van der Waals surface area contributed by atoms with E-state index in [0.717, 1.165) is 12.0 Å². The Bertz CT molecular complexity index is 698. The summed E-state index contributed by atoms with van der Waals surface area (Å²) in [4.78, 5) is 0. The summed E-state index contributed by atoms with van der Waals surface area (Å²) in [7, 11) is 0.